The number of benzene rings is 1. The second-order valence-electron chi connectivity index (χ2n) is 6.76. The summed E-state index contributed by atoms with van der Waals surface area (Å²) in [7, 11) is 2.09. The van der Waals surface area contributed by atoms with Crippen LogP contribution in [0.3, 0.4) is 0 Å². The molecule has 1 saturated carbocycles. The molecule has 3 heteroatoms. The standard InChI is InChI=1S/C18H26N2O/c1-14-7-9-18(13-21,10-8-14)19-11-15-12-20(2)17-6-4-3-5-16(15)17/h3-6,12,14,19,21H,7-11,13H2,1-2H3. The van der Waals surface area contributed by atoms with Crippen LogP contribution in [0.2, 0.25) is 0 Å². The van der Waals surface area contributed by atoms with E-state index in [2.05, 4.69) is 54.3 Å². The van der Waals surface area contributed by atoms with E-state index in [-0.39, 0.29) is 12.1 Å². The van der Waals surface area contributed by atoms with Gasteiger partial charge >= 0.3 is 0 Å². The predicted octanol–water partition coefficient (Wildman–Crippen LogP) is 3.21. The summed E-state index contributed by atoms with van der Waals surface area (Å²) in [6, 6.07) is 8.51. The van der Waals surface area contributed by atoms with Gasteiger partial charge in [0.15, 0.2) is 0 Å². The highest BCUT2D eigenvalue weighted by Gasteiger charge is 2.33. The molecular formula is C18H26N2O. The first-order valence-electron chi connectivity index (χ1n) is 8.02. The molecule has 0 saturated heterocycles. The van der Waals surface area contributed by atoms with Gasteiger partial charge in [-0.25, -0.2) is 0 Å². The zero-order valence-corrected chi connectivity index (χ0v) is 13.1. The van der Waals surface area contributed by atoms with Crippen molar-refractivity contribution in [3.8, 4) is 0 Å². The van der Waals surface area contributed by atoms with Crippen LogP contribution in [0.15, 0.2) is 30.5 Å². The fourth-order valence-corrected chi connectivity index (χ4v) is 3.55. The molecule has 0 atom stereocenters. The van der Waals surface area contributed by atoms with Gasteiger partial charge in [-0.05, 0) is 43.2 Å². The molecule has 2 N–H and O–H groups in total. The number of para-hydroxylation sites is 1. The van der Waals surface area contributed by atoms with Gasteiger partial charge in [-0.1, -0.05) is 25.1 Å². The molecule has 0 bridgehead atoms. The SMILES string of the molecule is CC1CCC(CO)(NCc2cn(C)c3ccccc23)CC1. The third-order valence-electron chi connectivity index (χ3n) is 5.17. The molecule has 0 radical (unpaired) electrons. The van der Waals surface area contributed by atoms with Gasteiger partial charge in [-0.3, -0.25) is 0 Å². The number of fused-ring (bicyclic) bond motifs is 1. The number of aliphatic hydroxyl groups is 1. The summed E-state index contributed by atoms with van der Waals surface area (Å²) >= 11 is 0. The molecule has 1 heterocycles. The number of aryl methyl sites for hydroxylation is 1. The monoisotopic (exact) mass is 286 g/mol. The second kappa shape index (κ2) is 5.82. The van der Waals surface area contributed by atoms with Crippen LogP contribution in [0.25, 0.3) is 10.9 Å². The highest BCUT2D eigenvalue weighted by Crippen LogP contribution is 2.32. The number of nitrogens with one attached hydrogen (secondary N) is 1. The van der Waals surface area contributed by atoms with E-state index in [9.17, 15) is 5.11 Å². The number of hydrogen-bond acceptors (Lipinski definition) is 2. The van der Waals surface area contributed by atoms with Gasteiger partial charge in [0.1, 0.15) is 0 Å². The molecular weight excluding hydrogens is 260 g/mol. The van der Waals surface area contributed by atoms with E-state index in [1.165, 1.54) is 29.3 Å². The Morgan fingerprint density at radius 3 is 2.71 bits per heavy atom. The van der Waals surface area contributed by atoms with Crippen molar-refractivity contribution in [2.24, 2.45) is 13.0 Å². The molecule has 1 aromatic carbocycles. The molecule has 0 unspecified atom stereocenters. The van der Waals surface area contributed by atoms with Crippen molar-refractivity contribution < 1.29 is 5.11 Å². The topological polar surface area (TPSA) is 37.2 Å². The van der Waals surface area contributed by atoms with Crippen molar-refractivity contribution in [2.45, 2.75) is 44.7 Å². The summed E-state index contributed by atoms with van der Waals surface area (Å²) in [5.41, 5.74) is 2.51. The summed E-state index contributed by atoms with van der Waals surface area (Å²) in [6.45, 7) is 3.38. The lowest BCUT2D eigenvalue weighted by Gasteiger charge is -2.39. The van der Waals surface area contributed by atoms with Crippen LogP contribution in [0.1, 0.15) is 38.2 Å². The van der Waals surface area contributed by atoms with Gasteiger partial charge in [0.25, 0.3) is 0 Å². The molecule has 3 nitrogen and oxygen atoms in total. The Morgan fingerprint density at radius 1 is 1.29 bits per heavy atom. The van der Waals surface area contributed by atoms with E-state index in [4.69, 9.17) is 0 Å². The molecule has 1 aromatic heterocycles. The van der Waals surface area contributed by atoms with Gasteiger partial charge < -0.3 is 15.0 Å². The number of hydrogen-bond donors (Lipinski definition) is 2. The second-order valence-corrected chi connectivity index (χ2v) is 6.76. The van der Waals surface area contributed by atoms with Crippen molar-refractivity contribution in [3.63, 3.8) is 0 Å². The van der Waals surface area contributed by atoms with E-state index in [0.717, 1.165) is 25.3 Å². The Hall–Kier alpha value is -1.32. The van der Waals surface area contributed by atoms with Gasteiger partial charge in [0.2, 0.25) is 0 Å². The van der Waals surface area contributed by atoms with E-state index in [1.807, 2.05) is 0 Å². The first-order valence-corrected chi connectivity index (χ1v) is 8.02. The van der Waals surface area contributed by atoms with Gasteiger partial charge in [-0.15, -0.1) is 0 Å². The molecule has 1 fully saturated rings. The average Bonchev–Trinajstić information content (AvgIpc) is 2.84. The van der Waals surface area contributed by atoms with Crippen LogP contribution in [-0.4, -0.2) is 21.8 Å². The molecule has 3 rings (SSSR count). The molecule has 114 valence electrons. The summed E-state index contributed by atoms with van der Waals surface area (Å²) < 4.78 is 2.18. The lowest BCUT2D eigenvalue weighted by molar-refractivity contribution is 0.104. The van der Waals surface area contributed by atoms with E-state index in [1.54, 1.807) is 0 Å². The Balaban J connectivity index is 1.76. The Labute approximate surface area is 127 Å². The number of aromatic nitrogens is 1. The summed E-state index contributed by atoms with van der Waals surface area (Å²) in [4.78, 5) is 0. The maximum Gasteiger partial charge on any atom is 0.0613 e. The molecule has 1 aliphatic carbocycles. The van der Waals surface area contributed by atoms with Crippen molar-refractivity contribution in [1.29, 1.82) is 0 Å². The average molecular weight is 286 g/mol. The maximum absolute atomic E-state index is 9.86. The van der Waals surface area contributed by atoms with Crippen LogP contribution in [0.4, 0.5) is 0 Å². The first-order chi connectivity index (χ1) is 10.1. The van der Waals surface area contributed by atoms with Crippen molar-refractivity contribution >= 4 is 10.9 Å². The highest BCUT2D eigenvalue weighted by molar-refractivity contribution is 5.83. The van der Waals surface area contributed by atoms with Crippen LogP contribution in [-0.2, 0) is 13.6 Å². The number of rotatable bonds is 4. The summed E-state index contributed by atoms with van der Waals surface area (Å²) in [6.07, 6.45) is 6.78. The smallest absolute Gasteiger partial charge is 0.0613 e. The lowest BCUT2D eigenvalue weighted by Crippen LogP contribution is -2.50. The minimum atomic E-state index is -0.0799. The van der Waals surface area contributed by atoms with Crippen LogP contribution in [0, 0.1) is 5.92 Å². The van der Waals surface area contributed by atoms with E-state index < -0.39 is 0 Å². The summed E-state index contributed by atoms with van der Waals surface area (Å²) in [5.74, 6) is 0.795. The third-order valence-corrected chi connectivity index (χ3v) is 5.17. The molecule has 0 aliphatic heterocycles. The van der Waals surface area contributed by atoms with Crippen molar-refractivity contribution in [1.82, 2.24) is 9.88 Å². The Morgan fingerprint density at radius 2 is 2.00 bits per heavy atom. The van der Waals surface area contributed by atoms with Crippen molar-refractivity contribution in [2.75, 3.05) is 6.61 Å². The van der Waals surface area contributed by atoms with E-state index in [0.29, 0.717) is 0 Å². The van der Waals surface area contributed by atoms with Crippen LogP contribution >= 0.6 is 0 Å². The molecule has 1 aliphatic rings. The Bertz CT molecular complexity index is 609. The normalized spacial score (nSPS) is 26.3. The van der Waals surface area contributed by atoms with Gasteiger partial charge in [0, 0.05) is 36.2 Å². The lowest BCUT2D eigenvalue weighted by atomic mass is 9.77. The quantitative estimate of drug-likeness (QED) is 0.905. The molecule has 0 amide bonds. The van der Waals surface area contributed by atoms with E-state index >= 15 is 0 Å². The minimum Gasteiger partial charge on any atom is -0.394 e. The zero-order chi connectivity index (χ0) is 14.9. The maximum atomic E-state index is 9.86. The van der Waals surface area contributed by atoms with Gasteiger partial charge in [0.05, 0.1) is 6.61 Å². The highest BCUT2D eigenvalue weighted by atomic mass is 16.3. The zero-order valence-electron chi connectivity index (χ0n) is 13.1. The minimum absolute atomic E-state index is 0.0799. The van der Waals surface area contributed by atoms with Crippen LogP contribution < -0.4 is 5.32 Å². The van der Waals surface area contributed by atoms with Gasteiger partial charge in [-0.2, -0.15) is 0 Å². The molecule has 2 aromatic rings. The fraction of sp³-hybridized carbons (Fsp3) is 0.556. The Kier molecular flexibility index (Phi) is 4.05. The molecule has 21 heavy (non-hydrogen) atoms. The third kappa shape index (κ3) is 2.85. The fourth-order valence-electron chi connectivity index (χ4n) is 3.55. The molecule has 0 spiro atoms. The predicted molar refractivity (Wildman–Crippen MR) is 87.2 cm³/mol. The summed E-state index contributed by atoms with van der Waals surface area (Å²) in [5, 5.41) is 14.8. The number of nitrogens with zero attached hydrogens (tertiary/aromatic N) is 1. The van der Waals surface area contributed by atoms with Crippen LogP contribution in [0.5, 0.6) is 0 Å². The largest absolute Gasteiger partial charge is 0.394 e. The van der Waals surface area contributed by atoms with Crippen molar-refractivity contribution in [3.05, 3.63) is 36.0 Å². The first kappa shape index (κ1) is 14.6. The number of aliphatic hydroxyl groups excluding tert-OH is 1.